The van der Waals surface area contributed by atoms with Gasteiger partial charge in [0.15, 0.2) is 18.1 Å². The molecule has 0 radical (unpaired) electrons. The molecule has 44 heavy (non-hydrogen) atoms. The van der Waals surface area contributed by atoms with Gasteiger partial charge in [-0.15, -0.1) is 0 Å². The predicted molar refractivity (Wildman–Crippen MR) is 174 cm³/mol. The average molecular weight is 607 g/mol. The SMILES string of the molecule is COc1cc(/C=N/NC(=O)c2ccc(-n3c(C)ccc3-c3ccccc3)cc2)cc(Cl)c1OCC(=O)Nc1ccc(C)cc1. The van der Waals surface area contributed by atoms with E-state index in [1.807, 2.05) is 68.4 Å². The van der Waals surface area contributed by atoms with E-state index in [2.05, 4.69) is 44.7 Å². The number of hydrogen-bond acceptors (Lipinski definition) is 5. The maximum Gasteiger partial charge on any atom is 0.271 e. The van der Waals surface area contributed by atoms with Crippen LogP contribution in [0, 0.1) is 13.8 Å². The summed E-state index contributed by atoms with van der Waals surface area (Å²) < 4.78 is 13.2. The van der Waals surface area contributed by atoms with Crippen molar-refractivity contribution in [3.05, 3.63) is 131 Å². The molecule has 222 valence electrons. The van der Waals surface area contributed by atoms with Gasteiger partial charge in [-0.2, -0.15) is 5.10 Å². The number of carbonyl (C=O) groups is 2. The Morgan fingerprint density at radius 3 is 2.34 bits per heavy atom. The highest BCUT2D eigenvalue weighted by atomic mass is 35.5. The molecule has 1 aromatic heterocycles. The molecule has 5 aromatic rings. The van der Waals surface area contributed by atoms with E-state index in [1.54, 1.807) is 24.3 Å². The van der Waals surface area contributed by atoms with E-state index < -0.39 is 0 Å². The van der Waals surface area contributed by atoms with Gasteiger partial charge < -0.3 is 19.4 Å². The van der Waals surface area contributed by atoms with Gasteiger partial charge in [0.2, 0.25) is 0 Å². The summed E-state index contributed by atoms with van der Waals surface area (Å²) in [4.78, 5) is 25.1. The van der Waals surface area contributed by atoms with Crippen LogP contribution in [0.1, 0.15) is 27.2 Å². The fourth-order valence-corrected chi connectivity index (χ4v) is 4.91. The number of aryl methyl sites for hydroxylation is 2. The molecule has 0 fully saturated rings. The number of hydrogen-bond donors (Lipinski definition) is 2. The number of ether oxygens (including phenoxy) is 2. The number of carbonyl (C=O) groups excluding carboxylic acids is 2. The van der Waals surface area contributed by atoms with Gasteiger partial charge in [-0.1, -0.05) is 59.6 Å². The monoisotopic (exact) mass is 606 g/mol. The summed E-state index contributed by atoms with van der Waals surface area (Å²) in [6, 6.07) is 32.3. The highest BCUT2D eigenvalue weighted by Crippen LogP contribution is 2.36. The fraction of sp³-hybridized carbons (Fsp3) is 0.114. The molecule has 4 aromatic carbocycles. The molecule has 8 nitrogen and oxygen atoms in total. The Balaban J connectivity index is 1.21. The smallest absolute Gasteiger partial charge is 0.271 e. The Bertz CT molecular complexity index is 1800. The van der Waals surface area contributed by atoms with Crippen molar-refractivity contribution in [2.45, 2.75) is 13.8 Å². The molecule has 0 bridgehead atoms. The highest BCUT2D eigenvalue weighted by molar-refractivity contribution is 6.32. The molecule has 0 spiro atoms. The largest absolute Gasteiger partial charge is 0.493 e. The number of halogens is 1. The highest BCUT2D eigenvalue weighted by Gasteiger charge is 2.15. The fourth-order valence-electron chi connectivity index (χ4n) is 4.63. The van der Waals surface area contributed by atoms with Gasteiger partial charge in [0.25, 0.3) is 11.8 Å². The number of nitrogens with one attached hydrogen (secondary N) is 2. The normalized spacial score (nSPS) is 10.9. The Hall–Kier alpha value is -5.34. The third-order valence-corrected chi connectivity index (χ3v) is 7.13. The second kappa shape index (κ2) is 13.8. The summed E-state index contributed by atoms with van der Waals surface area (Å²) in [5, 5.41) is 7.08. The van der Waals surface area contributed by atoms with Gasteiger partial charge >= 0.3 is 0 Å². The Morgan fingerprint density at radius 2 is 1.64 bits per heavy atom. The van der Waals surface area contributed by atoms with E-state index >= 15 is 0 Å². The van der Waals surface area contributed by atoms with Crippen LogP contribution < -0.4 is 20.2 Å². The summed E-state index contributed by atoms with van der Waals surface area (Å²) in [5.74, 6) is -0.159. The molecular weight excluding hydrogens is 576 g/mol. The van der Waals surface area contributed by atoms with E-state index in [0.717, 1.165) is 28.2 Å². The van der Waals surface area contributed by atoms with Crippen molar-refractivity contribution in [2.24, 2.45) is 5.10 Å². The van der Waals surface area contributed by atoms with Crippen LogP contribution in [-0.2, 0) is 4.79 Å². The van der Waals surface area contributed by atoms with Gasteiger partial charge in [-0.3, -0.25) is 9.59 Å². The zero-order chi connectivity index (χ0) is 31.1. The van der Waals surface area contributed by atoms with Crippen LogP contribution in [0.4, 0.5) is 5.69 Å². The lowest BCUT2D eigenvalue weighted by molar-refractivity contribution is -0.118. The minimum absolute atomic E-state index is 0.225. The molecule has 0 aliphatic carbocycles. The quantitative estimate of drug-likeness (QED) is 0.130. The number of aromatic nitrogens is 1. The van der Waals surface area contributed by atoms with E-state index in [1.165, 1.54) is 13.3 Å². The number of benzene rings is 4. The predicted octanol–water partition coefficient (Wildman–Crippen LogP) is 7.20. The second-order valence-electron chi connectivity index (χ2n) is 10.0. The van der Waals surface area contributed by atoms with Crippen molar-refractivity contribution in [3.63, 3.8) is 0 Å². The lowest BCUT2D eigenvalue weighted by atomic mass is 10.1. The molecule has 2 amide bonds. The standard InChI is InChI=1S/C35H31ClN4O4/c1-23-9-14-28(15-10-23)38-33(41)22-44-34-30(36)19-25(20-32(34)43-3)21-37-39-35(42)27-12-16-29(17-13-27)40-24(2)11-18-31(40)26-7-5-4-6-8-26/h4-21H,22H2,1-3H3,(H,38,41)(H,39,42)/b37-21+. The molecule has 0 unspecified atom stereocenters. The van der Waals surface area contributed by atoms with Gasteiger partial charge in [0.1, 0.15) is 0 Å². The van der Waals surface area contributed by atoms with Crippen LogP contribution >= 0.6 is 11.6 Å². The zero-order valence-electron chi connectivity index (χ0n) is 24.5. The number of nitrogens with zero attached hydrogens (tertiary/aromatic N) is 2. The van der Waals surface area contributed by atoms with E-state index in [4.69, 9.17) is 21.1 Å². The minimum atomic E-state index is -0.363. The first-order chi connectivity index (χ1) is 21.3. The lowest BCUT2D eigenvalue weighted by Gasteiger charge is -2.13. The van der Waals surface area contributed by atoms with Crippen molar-refractivity contribution >= 4 is 35.3 Å². The molecule has 5 rings (SSSR count). The van der Waals surface area contributed by atoms with Gasteiger partial charge in [0.05, 0.1) is 24.0 Å². The van der Waals surface area contributed by atoms with Crippen LogP contribution in [-0.4, -0.2) is 36.3 Å². The Kier molecular flexibility index (Phi) is 9.42. The third kappa shape index (κ3) is 7.17. The van der Waals surface area contributed by atoms with Crippen LogP contribution in [0.3, 0.4) is 0 Å². The van der Waals surface area contributed by atoms with Crippen molar-refractivity contribution in [1.29, 1.82) is 0 Å². The molecule has 0 saturated heterocycles. The van der Waals surface area contributed by atoms with Crippen molar-refractivity contribution < 1.29 is 19.1 Å². The lowest BCUT2D eigenvalue weighted by Crippen LogP contribution is -2.20. The van der Waals surface area contributed by atoms with Gasteiger partial charge in [-0.25, -0.2) is 5.43 Å². The molecule has 1 heterocycles. The zero-order valence-corrected chi connectivity index (χ0v) is 25.3. The van der Waals surface area contributed by atoms with E-state index in [9.17, 15) is 9.59 Å². The molecule has 0 atom stereocenters. The van der Waals surface area contributed by atoms with Crippen LogP contribution in [0.25, 0.3) is 16.9 Å². The minimum Gasteiger partial charge on any atom is -0.493 e. The number of methoxy groups -OCH3 is 1. The molecule has 0 aliphatic rings. The maximum absolute atomic E-state index is 12.8. The Morgan fingerprint density at radius 1 is 0.909 bits per heavy atom. The van der Waals surface area contributed by atoms with Crippen LogP contribution in [0.2, 0.25) is 5.02 Å². The molecular formula is C35H31ClN4O4. The molecule has 9 heteroatoms. The van der Waals surface area contributed by atoms with Gasteiger partial charge in [-0.05, 0) is 85.6 Å². The number of rotatable bonds is 10. The number of hydrazone groups is 1. The molecule has 2 N–H and O–H groups in total. The third-order valence-electron chi connectivity index (χ3n) is 6.85. The second-order valence-corrected chi connectivity index (χ2v) is 10.5. The first-order valence-electron chi connectivity index (χ1n) is 13.9. The summed E-state index contributed by atoms with van der Waals surface area (Å²) in [5.41, 5.74) is 9.54. The summed E-state index contributed by atoms with van der Waals surface area (Å²) in [7, 11) is 1.47. The van der Waals surface area contributed by atoms with Crippen molar-refractivity contribution in [1.82, 2.24) is 9.99 Å². The van der Waals surface area contributed by atoms with Crippen molar-refractivity contribution in [2.75, 3.05) is 19.0 Å². The van der Waals surface area contributed by atoms with E-state index in [0.29, 0.717) is 22.6 Å². The van der Waals surface area contributed by atoms with E-state index in [-0.39, 0.29) is 29.2 Å². The van der Waals surface area contributed by atoms with Crippen LogP contribution in [0.15, 0.2) is 108 Å². The first kappa shape index (κ1) is 30.1. The van der Waals surface area contributed by atoms with Crippen molar-refractivity contribution in [3.8, 4) is 28.4 Å². The topological polar surface area (TPSA) is 93.9 Å². The number of anilines is 1. The Labute approximate surface area is 260 Å². The maximum atomic E-state index is 12.8. The molecule has 0 saturated carbocycles. The number of amides is 2. The average Bonchev–Trinajstić information content (AvgIpc) is 3.43. The van der Waals surface area contributed by atoms with Crippen LogP contribution in [0.5, 0.6) is 11.5 Å². The van der Waals surface area contributed by atoms with Gasteiger partial charge in [0, 0.05) is 22.6 Å². The summed E-state index contributed by atoms with van der Waals surface area (Å²) >= 11 is 6.44. The summed E-state index contributed by atoms with van der Waals surface area (Å²) in [6.07, 6.45) is 1.45. The first-order valence-corrected chi connectivity index (χ1v) is 14.2. The summed E-state index contributed by atoms with van der Waals surface area (Å²) in [6.45, 7) is 3.76. The molecule has 0 aliphatic heterocycles.